The third-order valence-electron chi connectivity index (χ3n) is 4.70. The fourth-order valence-electron chi connectivity index (χ4n) is 2.97. The molecule has 0 aliphatic carbocycles. The molecule has 1 aliphatic heterocycles. The Kier molecular flexibility index (Phi) is 8.59. The van der Waals surface area contributed by atoms with Gasteiger partial charge >= 0.3 is 17.6 Å². The van der Waals surface area contributed by atoms with Crippen LogP contribution in [0.4, 0.5) is 28.0 Å². The molecule has 1 saturated heterocycles. The van der Waals surface area contributed by atoms with Gasteiger partial charge in [0.1, 0.15) is 12.4 Å². The summed E-state index contributed by atoms with van der Waals surface area (Å²) in [4.78, 5) is 30.1. The van der Waals surface area contributed by atoms with E-state index < -0.39 is 39.6 Å². The van der Waals surface area contributed by atoms with Crippen molar-refractivity contribution in [3.63, 3.8) is 0 Å². The van der Waals surface area contributed by atoms with Crippen molar-refractivity contribution in [2.24, 2.45) is 5.73 Å². The Labute approximate surface area is 211 Å². The van der Waals surface area contributed by atoms with Gasteiger partial charge in [0.05, 0.1) is 31.2 Å². The molecular formula is C20H17F4N6O7S-. The van der Waals surface area contributed by atoms with Gasteiger partial charge < -0.3 is 19.8 Å². The van der Waals surface area contributed by atoms with E-state index in [0.29, 0.717) is 22.6 Å². The highest BCUT2D eigenvalue weighted by molar-refractivity contribution is 7.86. The van der Waals surface area contributed by atoms with Crippen LogP contribution in [0.5, 0.6) is 0 Å². The molecule has 0 radical (unpaired) electrons. The Balaban J connectivity index is 0.000000436. The number of esters is 1. The minimum Gasteiger partial charge on any atom is -0.741 e. The molecule has 38 heavy (non-hydrogen) atoms. The largest absolute Gasteiger partial charge is 0.741 e. The first-order chi connectivity index (χ1) is 17.8. The molecule has 2 N–H and O–H groups in total. The normalized spacial score (nSPS) is 15.5. The van der Waals surface area contributed by atoms with Crippen LogP contribution in [0.3, 0.4) is 0 Å². The fraction of sp³-hybridized carbons (Fsp3) is 0.250. The number of carbonyl (C=O) groups is 2. The molecule has 18 heteroatoms. The van der Waals surface area contributed by atoms with E-state index in [1.54, 1.807) is 24.3 Å². The van der Waals surface area contributed by atoms with E-state index in [9.17, 15) is 27.2 Å². The van der Waals surface area contributed by atoms with Crippen molar-refractivity contribution in [3.05, 3.63) is 54.7 Å². The first kappa shape index (κ1) is 28.4. The number of anilines is 1. The average Bonchev–Trinajstić information content (AvgIpc) is 3.52. The van der Waals surface area contributed by atoms with Gasteiger partial charge in [0.25, 0.3) is 0 Å². The van der Waals surface area contributed by atoms with Gasteiger partial charge in [-0.1, -0.05) is 0 Å². The molecule has 0 unspecified atom stereocenters. The summed E-state index contributed by atoms with van der Waals surface area (Å²) < 4.78 is 83.7. The monoisotopic (exact) mass is 561 g/mol. The van der Waals surface area contributed by atoms with Crippen molar-refractivity contribution >= 4 is 27.9 Å². The lowest BCUT2D eigenvalue weighted by atomic mass is 10.1. The number of ether oxygens (including phenoxy) is 2. The Hall–Kier alpha value is -4.16. The van der Waals surface area contributed by atoms with Crippen LogP contribution in [0.2, 0.25) is 0 Å². The lowest BCUT2D eigenvalue weighted by Crippen LogP contribution is -2.28. The predicted molar refractivity (Wildman–Crippen MR) is 118 cm³/mol. The minimum atomic E-state index is -6.09. The van der Waals surface area contributed by atoms with Crippen molar-refractivity contribution < 1.29 is 49.6 Å². The molecule has 3 heterocycles. The van der Waals surface area contributed by atoms with Crippen LogP contribution in [0.15, 0.2) is 48.9 Å². The lowest BCUT2D eigenvalue weighted by Gasteiger charge is -2.14. The number of benzene rings is 1. The number of halogens is 4. The number of nitrogens with two attached hydrogens (primary N) is 1. The molecule has 1 aromatic carbocycles. The van der Waals surface area contributed by atoms with Gasteiger partial charge in [-0.25, -0.2) is 22.6 Å². The summed E-state index contributed by atoms with van der Waals surface area (Å²) in [5, 5.41) is 7.98. The van der Waals surface area contributed by atoms with Crippen LogP contribution < -0.4 is 10.6 Å². The molecule has 13 nitrogen and oxygen atoms in total. The van der Waals surface area contributed by atoms with Crippen LogP contribution in [-0.2, 0) is 24.4 Å². The number of hydrogen-bond donors (Lipinski definition) is 1. The first-order valence-corrected chi connectivity index (χ1v) is 11.7. The number of alkyl halides is 3. The van der Waals surface area contributed by atoms with Crippen LogP contribution >= 0.6 is 0 Å². The van der Waals surface area contributed by atoms with E-state index in [1.807, 2.05) is 0 Å². The standard InChI is InChI=1S/C19H17FN6O4.CHF3O3S/c20-16-7-13(25-10-14(30-19(25)28)11-29-18(27)8-21)2-3-15(16)12-1-4-17(22-9-12)26-23-5-6-24-26;2-1(3,4)8(5,6)7/h1-7,9,14H,8,10-11,21H2;(H,5,6,7)/p-1/t14-;/m1./s1. The average molecular weight is 561 g/mol. The minimum absolute atomic E-state index is 0.109. The number of amides is 1. The second-order valence-electron chi connectivity index (χ2n) is 7.29. The van der Waals surface area contributed by atoms with Crippen LogP contribution in [0.1, 0.15) is 0 Å². The number of cyclic esters (lactones) is 1. The first-order valence-electron chi connectivity index (χ1n) is 10.3. The van der Waals surface area contributed by atoms with Gasteiger partial charge in [0.2, 0.25) is 0 Å². The van der Waals surface area contributed by atoms with Gasteiger partial charge in [-0.05, 0) is 30.3 Å². The third kappa shape index (κ3) is 6.99. The maximum absolute atomic E-state index is 14.8. The van der Waals surface area contributed by atoms with E-state index >= 15 is 0 Å². The van der Waals surface area contributed by atoms with Crippen molar-refractivity contribution in [3.8, 4) is 16.9 Å². The van der Waals surface area contributed by atoms with Crippen LogP contribution in [-0.4, -0.2) is 76.3 Å². The highest BCUT2D eigenvalue weighted by Gasteiger charge is 2.37. The quantitative estimate of drug-likeness (QED) is 0.198. The number of nitrogens with zero attached hydrogens (tertiary/aromatic N) is 5. The Bertz CT molecular complexity index is 1390. The molecule has 3 aromatic rings. The molecular weight excluding hydrogens is 544 g/mol. The number of rotatable bonds is 6. The summed E-state index contributed by atoms with van der Waals surface area (Å²) in [6.45, 7) is -0.240. The molecule has 0 spiro atoms. The third-order valence-corrected chi connectivity index (χ3v) is 5.27. The molecule has 1 amide bonds. The zero-order valence-corrected chi connectivity index (χ0v) is 19.7. The van der Waals surface area contributed by atoms with Gasteiger partial charge in [-0.3, -0.25) is 9.69 Å². The highest BCUT2D eigenvalue weighted by atomic mass is 32.2. The van der Waals surface area contributed by atoms with E-state index in [0.717, 1.165) is 0 Å². The SMILES string of the molecule is NCC(=O)OC[C@H]1CN(c2ccc(-c3ccc(-n4nccn4)nc3)c(F)c2)C(=O)O1.O=S(=O)([O-])C(F)(F)F. The summed E-state index contributed by atoms with van der Waals surface area (Å²) in [6, 6.07) is 7.79. The van der Waals surface area contributed by atoms with Crippen molar-refractivity contribution in [2.45, 2.75) is 11.6 Å². The molecule has 1 atom stereocenters. The molecule has 204 valence electrons. The highest BCUT2D eigenvalue weighted by Crippen LogP contribution is 2.29. The Morgan fingerprint density at radius 2 is 1.87 bits per heavy atom. The van der Waals surface area contributed by atoms with Gasteiger partial charge in [-0.15, -0.1) is 4.80 Å². The number of aromatic nitrogens is 4. The van der Waals surface area contributed by atoms with Crippen molar-refractivity contribution in [1.82, 2.24) is 20.0 Å². The van der Waals surface area contributed by atoms with E-state index in [2.05, 4.69) is 15.2 Å². The van der Waals surface area contributed by atoms with Crippen molar-refractivity contribution in [1.29, 1.82) is 0 Å². The number of carbonyl (C=O) groups excluding carboxylic acids is 2. The molecule has 1 aliphatic rings. The smallest absolute Gasteiger partial charge is 0.485 e. The molecule has 1 fully saturated rings. The van der Waals surface area contributed by atoms with Crippen molar-refractivity contribution in [2.75, 3.05) is 24.6 Å². The summed E-state index contributed by atoms with van der Waals surface area (Å²) in [7, 11) is -6.09. The summed E-state index contributed by atoms with van der Waals surface area (Å²) >= 11 is 0. The second-order valence-corrected chi connectivity index (χ2v) is 8.66. The topological polar surface area (TPSA) is 183 Å². The number of pyridine rings is 1. The second kappa shape index (κ2) is 11.5. The summed E-state index contributed by atoms with van der Waals surface area (Å²) in [5.41, 5.74) is 0.741. The van der Waals surface area contributed by atoms with Crippen LogP contribution in [0, 0.1) is 5.82 Å². The zero-order chi connectivity index (χ0) is 28.1. The van der Waals surface area contributed by atoms with E-state index in [4.69, 9.17) is 28.2 Å². The Morgan fingerprint density at radius 3 is 2.39 bits per heavy atom. The maximum atomic E-state index is 14.8. The Morgan fingerprint density at radius 1 is 1.21 bits per heavy atom. The summed E-state index contributed by atoms with van der Waals surface area (Å²) in [5.74, 6) is -0.616. The van der Waals surface area contributed by atoms with Crippen LogP contribution in [0.25, 0.3) is 16.9 Å². The van der Waals surface area contributed by atoms with Gasteiger partial charge in [0.15, 0.2) is 22.0 Å². The lowest BCUT2D eigenvalue weighted by molar-refractivity contribution is -0.144. The molecule has 0 saturated carbocycles. The van der Waals surface area contributed by atoms with E-state index in [1.165, 1.54) is 34.4 Å². The fourth-order valence-corrected chi connectivity index (χ4v) is 2.97. The summed E-state index contributed by atoms with van der Waals surface area (Å²) in [6.07, 6.45) is 3.29. The van der Waals surface area contributed by atoms with Gasteiger partial charge in [0, 0.05) is 17.3 Å². The molecule has 2 aromatic heterocycles. The van der Waals surface area contributed by atoms with E-state index in [-0.39, 0.29) is 19.7 Å². The predicted octanol–water partition coefficient (Wildman–Crippen LogP) is 1.35. The molecule has 4 rings (SSSR count). The zero-order valence-electron chi connectivity index (χ0n) is 18.9. The maximum Gasteiger partial charge on any atom is 0.485 e. The number of hydrogen-bond acceptors (Lipinski definition) is 11. The van der Waals surface area contributed by atoms with Gasteiger partial charge in [-0.2, -0.15) is 23.4 Å². The molecule has 0 bridgehead atoms.